The van der Waals surface area contributed by atoms with Gasteiger partial charge in [0.25, 0.3) is 11.8 Å². The van der Waals surface area contributed by atoms with Crippen LogP contribution in [-0.2, 0) is 9.47 Å². The van der Waals surface area contributed by atoms with E-state index >= 15 is 0 Å². The highest BCUT2D eigenvalue weighted by Gasteiger charge is 2.25. The van der Waals surface area contributed by atoms with Crippen LogP contribution >= 0.6 is 0 Å². The van der Waals surface area contributed by atoms with Gasteiger partial charge >= 0.3 is 0 Å². The molecule has 2 amide bonds. The van der Waals surface area contributed by atoms with Gasteiger partial charge < -0.3 is 20.1 Å². The molecular weight excluding hydrogens is 332 g/mol. The average molecular weight is 360 g/mol. The second-order valence-electron chi connectivity index (χ2n) is 7.20. The maximum absolute atomic E-state index is 12.4. The van der Waals surface area contributed by atoms with Crippen LogP contribution in [0.15, 0.2) is 24.3 Å². The number of hydrogen-bond acceptors (Lipinski definition) is 4. The van der Waals surface area contributed by atoms with E-state index in [-0.39, 0.29) is 36.1 Å². The summed E-state index contributed by atoms with van der Waals surface area (Å²) in [5.74, 6) is -0.291. The minimum absolute atomic E-state index is 0.0276. The molecule has 2 saturated heterocycles. The van der Waals surface area contributed by atoms with Crippen LogP contribution in [0.25, 0.3) is 0 Å². The Kier molecular flexibility index (Phi) is 6.27. The molecule has 1 aromatic carbocycles. The first-order chi connectivity index (χ1) is 12.5. The minimum Gasteiger partial charge on any atom is -0.376 e. The number of hydrogen-bond donors (Lipinski definition) is 2. The fraction of sp³-hybridized carbons (Fsp3) is 0.600. The van der Waals surface area contributed by atoms with Crippen molar-refractivity contribution in [2.45, 2.75) is 63.8 Å². The lowest BCUT2D eigenvalue weighted by Gasteiger charge is -2.20. The first-order valence-corrected chi connectivity index (χ1v) is 9.49. The quantitative estimate of drug-likeness (QED) is 0.816. The third-order valence-corrected chi connectivity index (χ3v) is 5.17. The van der Waals surface area contributed by atoms with E-state index in [4.69, 9.17) is 9.47 Å². The van der Waals surface area contributed by atoms with E-state index in [0.717, 1.165) is 38.9 Å². The summed E-state index contributed by atoms with van der Waals surface area (Å²) >= 11 is 0. The summed E-state index contributed by atoms with van der Waals surface area (Å²) in [5.41, 5.74) is 1.08. The highest BCUT2D eigenvalue weighted by molar-refractivity contribution is 5.98. The molecule has 0 saturated carbocycles. The third-order valence-electron chi connectivity index (χ3n) is 5.17. The van der Waals surface area contributed by atoms with Crippen molar-refractivity contribution < 1.29 is 19.1 Å². The van der Waals surface area contributed by atoms with Crippen LogP contribution in [0.1, 0.15) is 60.2 Å². The zero-order valence-corrected chi connectivity index (χ0v) is 15.5. The Labute approximate surface area is 154 Å². The number of rotatable bonds is 6. The molecule has 2 aliphatic heterocycles. The van der Waals surface area contributed by atoms with E-state index in [1.54, 1.807) is 24.3 Å². The summed E-state index contributed by atoms with van der Waals surface area (Å²) in [6, 6.07) is 6.68. The molecule has 2 aliphatic rings. The molecule has 4 unspecified atom stereocenters. The normalized spacial score (nSPS) is 24.8. The molecule has 1 aromatic rings. The Balaban J connectivity index is 1.53. The number of ether oxygens (including phenoxy) is 2. The zero-order valence-electron chi connectivity index (χ0n) is 15.5. The van der Waals surface area contributed by atoms with Gasteiger partial charge in [-0.05, 0) is 63.8 Å². The molecule has 26 heavy (non-hydrogen) atoms. The van der Waals surface area contributed by atoms with E-state index < -0.39 is 0 Å². The monoisotopic (exact) mass is 360 g/mol. The van der Waals surface area contributed by atoms with Crippen molar-refractivity contribution in [1.82, 2.24) is 10.6 Å². The van der Waals surface area contributed by atoms with Crippen LogP contribution < -0.4 is 10.6 Å². The van der Waals surface area contributed by atoms with Crippen LogP contribution in [0.4, 0.5) is 0 Å². The maximum atomic E-state index is 12.4. The van der Waals surface area contributed by atoms with Crippen molar-refractivity contribution in [3.05, 3.63) is 35.4 Å². The van der Waals surface area contributed by atoms with Gasteiger partial charge in [0.15, 0.2) is 0 Å². The van der Waals surface area contributed by atoms with E-state index in [1.807, 2.05) is 13.8 Å². The number of amides is 2. The van der Waals surface area contributed by atoms with Crippen molar-refractivity contribution in [2.24, 2.45) is 0 Å². The Morgan fingerprint density at radius 1 is 0.846 bits per heavy atom. The largest absolute Gasteiger partial charge is 0.376 e. The van der Waals surface area contributed by atoms with E-state index in [2.05, 4.69) is 10.6 Å². The van der Waals surface area contributed by atoms with E-state index in [1.165, 1.54) is 0 Å². The average Bonchev–Trinajstić information content (AvgIpc) is 3.35. The first-order valence-electron chi connectivity index (χ1n) is 9.49. The van der Waals surface area contributed by atoms with Crippen molar-refractivity contribution in [3.8, 4) is 0 Å². The van der Waals surface area contributed by atoms with Crippen LogP contribution in [0.3, 0.4) is 0 Å². The highest BCUT2D eigenvalue weighted by Crippen LogP contribution is 2.17. The fourth-order valence-corrected chi connectivity index (χ4v) is 3.53. The molecule has 0 spiro atoms. The van der Waals surface area contributed by atoms with E-state index in [9.17, 15) is 9.59 Å². The number of carbonyl (C=O) groups excluding carboxylic acids is 2. The third kappa shape index (κ3) is 4.62. The molecule has 0 aromatic heterocycles. The van der Waals surface area contributed by atoms with Gasteiger partial charge in [0.1, 0.15) is 0 Å². The van der Waals surface area contributed by atoms with Gasteiger partial charge in [-0.1, -0.05) is 0 Å². The van der Waals surface area contributed by atoms with Crippen molar-refractivity contribution in [1.29, 1.82) is 0 Å². The first kappa shape index (κ1) is 18.9. The lowest BCUT2D eigenvalue weighted by atomic mass is 10.1. The van der Waals surface area contributed by atoms with Crippen molar-refractivity contribution in [3.63, 3.8) is 0 Å². The molecule has 6 heteroatoms. The second-order valence-corrected chi connectivity index (χ2v) is 7.20. The van der Waals surface area contributed by atoms with Gasteiger partial charge in [-0.25, -0.2) is 0 Å². The molecule has 142 valence electrons. The Bertz CT molecular complexity index is 564. The standard InChI is InChI=1S/C20H28N2O4/c1-13(17-5-3-11-25-17)21-19(23)15-7-9-16(10-8-15)20(24)22-14(2)18-6-4-12-26-18/h7-10,13-14,17-18H,3-6,11-12H2,1-2H3,(H,21,23)(H,22,24). The predicted octanol–water partition coefficient (Wildman–Crippen LogP) is 2.28. The molecular formula is C20H28N2O4. The minimum atomic E-state index is -0.146. The zero-order chi connectivity index (χ0) is 18.5. The van der Waals surface area contributed by atoms with E-state index in [0.29, 0.717) is 11.1 Å². The molecule has 6 nitrogen and oxygen atoms in total. The van der Waals surface area contributed by atoms with Crippen molar-refractivity contribution in [2.75, 3.05) is 13.2 Å². The molecule has 0 aliphatic carbocycles. The number of carbonyl (C=O) groups is 2. The SMILES string of the molecule is CC(NC(=O)c1ccc(C(=O)NC(C)C2CCCO2)cc1)C1CCCO1. The lowest BCUT2D eigenvalue weighted by Crippen LogP contribution is -2.41. The summed E-state index contributed by atoms with van der Waals surface area (Å²) < 4.78 is 11.2. The van der Waals surface area contributed by atoms with Crippen LogP contribution in [0.5, 0.6) is 0 Å². The smallest absolute Gasteiger partial charge is 0.251 e. The predicted molar refractivity (Wildman–Crippen MR) is 98.2 cm³/mol. The molecule has 3 rings (SSSR count). The van der Waals surface area contributed by atoms with Gasteiger partial charge in [0.2, 0.25) is 0 Å². The molecule has 2 heterocycles. The maximum Gasteiger partial charge on any atom is 0.251 e. The van der Waals surface area contributed by atoms with Crippen LogP contribution in [0, 0.1) is 0 Å². The summed E-state index contributed by atoms with van der Waals surface area (Å²) in [7, 11) is 0. The summed E-state index contributed by atoms with van der Waals surface area (Å²) in [6.45, 7) is 5.45. The van der Waals surface area contributed by atoms with Gasteiger partial charge in [-0.3, -0.25) is 9.59 Å². The van der Waals surface area contributed by atoms with Crippen LogP contribution in [0.2, 0.25) is 0 Å². The van der Waals surface area contributed by atoms with Gasteiger partial charge in [0, 0.05) is 24.3 Å². The number of benzene rings is 1. The fourth-order valence-electron chi connectivity index (χ4n) is 3.53. The van der Waals surface area contributed by atoms with Crippen molar-refractivity contribution >= 4 is 11.8 Å². The number of nitrogens with one attached hydrogen (secondary N) is 2. The lowest BCUT2D eigenvalue weighted by molar-refractivity contribution is 0.0708. The molecule has 0 bridgehead atoms. The molecule has 0 radical (unpaired) electrons. The Hall–Kier alpha value is -1.92. The summed E-state index contributed by atoms with van der Waals surface area (Å²) in [5, 5.41) is 5.95. The Morgan fingerprint density at radius 3 is 1.54 bits per heavy atom. The van der Waals surface area contributed by atoms with Gasteiger partial charge in [-0.2, -0.15) is 0 Å². The van der Waals surface area contributed by atoms with Gasteiger partial charge in [0.05, 0.1) is 24.3 Å². The summed E-state index contributed by atoms with van der Waals surface area (Å²) in [6.07, 6.45) is 4.21. The van der Waals surface area contributed by atoms with Crippen LogP contribution in [-0.4, -0.2) is 49.3 Å². The van der Waals surface area contributed by atoms with Gasteiger partial charge in [-0.15, -0.1) is 0 Å². The molecule has 2 fully saturated rings. The molecule has 2 N–H and O–H groups in total. The Morgan fingerprint density at radius 2 is 1.23 bits per heavy atom. The highest BCUT2D eigenvalue weighted by atomic mass is 16.5. The second kappa shape index (κ2) is 8.64. The molecule has 4 atom stereocenters. The topological polar surface area (TPSA) is 76.7 Å². The summed E-state index contributed by atoms with van der Waals surface area (Å²) in [4.78, 5) is 24.7.